The van der Waals surface area contributed by atoms with Crippen LogP contribution in [0.1, 0.15) is 121 Å². The maximum Gasteiger partial charge on any atom is 0.327 e. The summed E-state index contributed by atoms with van der Waals surface area (Å²) in [6.45, 7) is 9.89. The number of ether oxygens (including phenoxy) is 4. The summed E-state index contributed by atoms with van der Waals surface area (Å²) in [6.07, 6.45) is -3.81. The van der Waals surface area contributed by atoms with E-state index in [1.165, 1.54) is 0 Å². The van der Waals surface area contributed by atoms with Gasteiger partial charge in [-0.15, -0.1) is 0 Å². The first-order chi connectivity index (χ1) is 30.4. The number of rotatable bonds is 25. The van der Waals surface area contributed by atoms with Crippen LogP contribution in [0, 0.1) is 50.2 Å². The second kappa shape index (κ2) is 25.3. The third-order valence-electron chi connectivity index (χ3n) is 11.5. The molecule has 23 heteroatoms. The smallest absolute Gasteiger partial charge is 0.327 e. The van der Waals surface area contributed by atoms with E-state index in [0.717, 1.165) is 0 Å². The lowest BCUT2D eigenvalue weighted by Crippen LogP contribution is -2.35. The Labute approximate surface area is 402 Å². The van der Waals surface area contributed by atoms with Crippen LogP contribution < -0.4 is 0 Å². The molecule has 4 aliphatic heterocycles. The van der Waals surface area contributed by atoms with Gasteiger partial charge in [0.15, 0.2) is 0 Å². The topological polar surface area (TPSA) is 212 Å². The Morgan fingerprint density at radius 1 is 0.523 bits per heavy atom. The van der Waals surface area contributed by atoms with Gasteiger partial charge in [0, 0.05) is 45.7 Å². The lowest BCUT2D eigenvalue weighted by molar-refractivity contribution is -0.0364. The van der Waals surface area contributed by atoms with Crippen LogP contribution in [0.15, 0.2) is 0 Å². The highest BCUT2D eigenvalue weighted by Gasteiger charge is 2.45. The van der Waals surface area contributed by atoms with Gasteiger partial charge in [-0.3, -0.25) is 0 Å². The van der Waals surface area contributed by atoms with E-state index in [-0.39, 0.29) is 51.3 Å². The summed E-state index contributed by atoms with van der Waals surface area (Å²) >= 11 is 18.3. The summed E-state index contributed by atoms with van der Waals surface area (Å²) in [4.78, 5) is 0. The maximum atomic E-state index is 10.4. The van der Waals surface area contributed by atoms with E-state index in [1.54, 1.807) is 0 Å². The molecule has 0 spiro atoms. The van der Waals surface area contributed by atoms with Gasteiger partial charge in [-0.2, -0.15) is 15.8 Å². The zero-order valence-corrected chi connectivity index (χ0v) is 44.8. The van der Waals surface area contributed by atoms with Gasteiger partial charge in [-0.05, 0) is 64.5 Å². The van der Waals surface area contributed by atoms with Gasteiger partial charge in [0.05, 0.1) is 106 Å². The summed E-state index contributed by atoms with van der Waals surface area (Å²) in [5.74, 6) is 0. The van der Waals surface area contributed by atoms with E-state index < -0.39 is 91.3 Å². The molecule has 4 rings (SSSR count). The van der Waals surface area contributed by atoms with Crippen molar-refractivity contribution in [3.63, 3.8) is 0 Å². The molecule has 0 radical (unpaired) electrons. The fourth-order valence-corrected chi connectivity index (χ4v) is 15.0. The predicted octanol–water partition coefficient (Wildman–Crippen LogP) is 8.83. The van der Waals surface area contributed by atoms with Crippen molar-refractivity contribution >= 4 is 55.6 Å². The van der Waals surface area contributed by atoms with Crippen LogP contribution in [0.3, 0.4) is 0 Å². The van der Waals surface area contributed by atoms with Crippen molar-refractivity contribution in [2.45, 2.75) is 188 Å². The summed E-state index contributed by atoms with van der Waals surface area (Å²) in [7, 11) is 0. The van der Waals surface area contributed by atoms with Crippen LogP contribution >= 0.6 is 20.2 Å². The minimum absolute atomic E-state index is 0.0154. The number of aliphatic hydroxyl groups excluding tert-OH is 1. The zero-order chi connectivity index (χ0) is 48.3. The molecule has 4 heterocycles. The van der Waals surface area contributed by atoms with Gasteiger partial charge in [0.25, 0.3) is 0 Å². The monoisotopic (exact) mass is 1030 g/mol. The van der Waals surface area contributed by atoms with Crippen molar-refractivity contribution in [3.05, 3.63) is 0 Å². The Bertz CT molecular complexity index is 1800. The molecule has 0 amide bonds. The first kappa shape index (κ1) is 57.4. The molecule has 4 aliphatic rings. The molecular formula is C42H72N3O14P3S3. The van der Waals surface area contributed by atoms with Crippen LogP contribution in [0.25, 0.3) is 0 Å². The first-order valence-electron chi connectivity index (χ1n) is 22.5. The molecular weight excluding hydrogens is 960 g/mol. The third-order valence-corrected chi connectivity index (χ3v) is 18.5. The van der Waals surface area contributed by atoms with Gasteiger partial charge < -0.3 is 64.8 Å². The molecule has 0 saturated carbocycles. The molecule has 4 saturated heterocycles. The van der Waals surface area contributed by atoms with E-state index in [9.17, 15) is 20.9 Å². The largest absolute Gasteiger partial charge is 0.390 e. The lowest BCUT2D eigenvalue weighted by Gasteiger charge is -2.37. The summed E-state index contributed by atoms with van der Waals surface area (Å²) in [6, 6.07) is 6.60. The number of aliphatic hydroxyl groups is 1. The SMILES string of the molecule is CCC1OCCC1OP(=S)(OCC1OCCC1OP(=S)(OCC1OCCC1OP(=S)(OCC1OCCC1O)OC(CC#N)C(C)(C)C)OC(CC#N)C(C)(C)C)OC(CC#N)C(C)(C)C. The molecule has 4 fully saturated rings. The summed E-state index contributed by atoms with van der Waals surface area (Å²) in [5, 5.41) is 39.6. The Hall–Kier alpha value is -0.140. The van der Waals surface area contributed by atoms with Crippen molar-refractivity contribution in [2.75, 3.05) is 46.2 Å². The highest BCUT2D eigenvalue weighted by molar-refractivity contribution is 8.08. The van der Waals surface area contributed by atoms with Crippen LogP contribution in [0.4, 0.5) is 0 Å². The maximum absolute atomic E-state index is 10.4. The quantitative estimate of drug-likeness (QED) is 0.0846. The minimum atomic E-state index is -3.74. The fourth-order valence-electron chi connectivity index (χ4n) is 7.21. The molecule has 0 bridgehead atoms. The van der Waals surface area contributed by atoms with E-state index >= 15 is 0 Å². The Balaban J connectivity index is 1.56. The van der Waals surface area contributed by atoms with Crippen LogP contribution in [-0.4, -0.2) is 118 Å². The Morgan fingerprint density at radius 3 is 1.11 bits per heavy atom. The third kappa shape index (κ3) is 17.9. The minimum Gasteiger partial charge on any atom is -0.390 e. The van der Waals surface area contributed by atoms with Gasteiger partial charge in [-0.25, -0.2) is 0 Å². The summed E-state index contributed by atoms with van der Waals surface area (Å²) < 4.78 is 82.2. The molecule has 0 aliphatic carbocycles. The van der Waals surface area contributed by atoms with Gasteiger partial charge in [-0.1, -0.05) is 69.2 Å². The Kier molecular flexibility index (Phi) is 22.4. The molecule has 14 unspecified atom stereocenters. The van der Waals surface area contributed by atoms with Crippen LogP contribution in [0.2, 0.25) is 0 Å². The average Bonchev–Trinajstić information content (AvgIpc) is 4.03. The Morgan fingerprint density at radius 2 is 0.815 bits per heavy atom. The fraction of sp³-hybridized carbons (Fsp3) is 0.929. The van der Waals surface area contributed by atoms with Crippen LogP contribution in [0.5, 0.6) is 0 Å². The van der Waals surface area contributed by atoms with E-state index in [4.69, 9.17) is 95.1 Å². The molecule has 372 valence electrons. The second-order valence-electron chi connectivity index (χ2n) is 19.9. The number of nitriles is 3. The molecule has 0 aromatic heterocycles. The molecule has 17 nitrogen and oxygen atoms in total. The molecule has 0 aromatic carbocycles. The lowest BCUT2D eigenvalue weighted by atomic mass is 9.88. The zero-order valence-electron chi connectivity index (χ0n) is 39.6. The highest BCUT2D eigenvalue weighted by atomic mass is 32.5. The van der Waals surface area contributed by atoms with Crippen molar-refractivity contribution in [1.82, 2.24) is 0 Å². The average molecular weight is 1030 g/mol. The first-order valence-corrected chi connectivity index (χ1v) is 30.1. The predicted molar refractivity (Wildman–Crippen MR) is 253 cm³/mol. The van der Waals surface area contributed by atoms with Gasteiger partial charge in [0.2, 0.25) is 0 Å². The summed E-state index contributed by atoms with van der Waals surface area (Å²) in [5.41, 5.74) is -1.47. The standard InChI is InChI=1S/C42H72N3O14P3S3/c1-11-30-31(16-23-47-30)54-61(64,58-38(13-20-44)41(5,6)7)52-27-35-33(18-25-49-35)56-62(65,59-39(14-21-45)42(8,9)10)53-28-36-32(17-24-50-36)55-60(63,51-26-34-29(46)15-22-48-34)57-37(12-19-43)40(2,3)4/h29-39,46H,11-18,22-28H2,1-10H3. The van der Waals surface area contributed by atoms with Crippen molar-refractivity contribution in [3.8, 4) is 18.2 Å². The normalized spacial score (nSPS) is 30.6. The highest BCUT2D eigenvalue weighted by Crippen LogP contribution is 2.59. The number of nitrogens with zero attached hydrogens (tertiary/aromatic N) is 3. The second-order valence-corrected chi connectivity index (χ2v) is 28.6. The van der Waals surface area contributed by atoms with Crippen molar-refractivity contribution < 1.29 is 64.8 Å². The molecule has 65 heavy (non-hydrogen) atoms. The molecule has 14 atom stereocenters. The van der Waals surface area contributed by atoms with Gasteiger partial charge in [0.1, 0.15) is 18.3 Å². The van der Waals surface area contributed by atoms with E-state index in [1.807, 2.05) is 69.2 Å². The van der Waals surface area contributed by atoms with Crippen molar-refractivity contribution in [1.29, 1.82) is 15.8 Å². The van der Waals surface area contributed by atoms with Gasteiger partial charge >= 0.3 is 20.2 Å². The number of hydrogen-bond donors (Lipinski definition) is 1. The van der Waals surface area contributed by atoms with Crippen molar-refractivity contribution in [2.24, 2.45) is 16.2 Å². The van der Waals surface area contributed by atoms with Crippen LogP contribution in [-0.2, 0) is 95.1 Å². The molecule has 0 aromatic rings. The molecule has 1 N–H and O–H groups in total. The van der Waals surface area contributed by atoms with E-state index in [0.29, 0.717) is 58.5 Å². The number of hydrogen-bond acceptors (Lipinski definition) is 20. The van der Waals surface area contributed by atoms with E-state index in [2.05, 4.69) is 18.2 Å².